The second-order valence-electron chi connectivity index (χ2n) is 7.40. The van der Waals surface area contributed by atoms with Crippen LogP contribution in [0.5, 0.6) is 5.75 Å². The molecule has 1 aliphatic heterocycles. The molecule has 3 aromatic rings. The van der Waals surface area contributed by atoms with Gasteiger partial charge in [0, 0.05) is 20.2 Å². The first-order valence-electron chi connectivity index (χ1n) is 10.2. The summed E-state index contributed by atoms with van der Waals surface area (Å²) in [7, 11) is 1.64. The fourth-order valence-electron chi connectivity index (χ4n) is 3.75. The summed E-state index contributed by atoms with van der Waals surface area (Å²) in [5.74, 6) is 1.19. The van der Waals surface area contributed by atoms with Crippen LogP contribution in [0.25, 0.3) is 22.2 Å². The molecule has 30 heavy (non-hydrogen) atoms. The molecule has 0 aliphatic carbocycles. The van der Waals surface area contributed by atoms with E-state index in [-0.39, 0.29) is 11.7 Å². The minimum absolute atomic E-state index is 0.135. The van der Waals surface area contributed by atoms with E-state index in [2.05, 4.69) is 10.2 Å². The maximum Gasteiger partial charge on any atom is 0.233 e. The van der Waals surface area contributed by atoms with Gasteiger partial charge in [-0.3, -0.25) is 9.36 Å². The third-order valence-electron chi connectivity index (χ3n) is 5.37. The van der Waals surface area contributed by atoms with Gasteiger partial charge in [0.25, 0.3) is 0 Å². The van der Waals surface area contributed by atoms with Gasteiger partial charge in [-0.25, -0.2) is 0 Å². The van der Waals surface area contributed by atoms with Crippen LogP contribution in [0, 0.1) is 0 Å². The van der Waals surface area contributed by atoms with Gasteiger partial charge >= 0.3 is 0 Å². The van der Waals surface area contributed by atoms with Crippen LogP contribution >= 0.6 is 11.8 Å². The molecule has 0 saturated carbocycles. The highest BCUT2D eigenvalue weighted by atomic mass is 32.2. The van der Waals surface area contributed by atoms with Gasteiger partial charge in [0.05, 0.1) is 24.5 Å². The largest absolute Gasteiger partial charge is 0.507 e. The molecule has 1 amide bonds. The van der Waals surface area contributed by atoms with Crippen LogP contribution in [0.4, 0.5) is 0 Å². The van der Waals surface area contributed by atoms with Gasteiger partial charge < -0.3 is 14.7 Å². The van der Waals surface area contributed by atoms with E-state index in [1.165, 1.54) is 18.2 Å². The van der Waals surface area contributed by atoms with Crippen molar-refractivity contribution in [3.63, 3.8) is 0 Å². The van der Waals surface area contributed by atoms with Crippen molar-refractivity contribution in [2.75, 3.05) is 32.6 Å². The molecule has 0 atom stereocenters. The zero-order chi connectivity index (χ0) is 20.9. The first kappa shape index (κ1) is 20.7. The molecule has 1 fully saturated rings. The number of thioether (sulfide) groups is 1. The Morgan fingerprint density at radius 1 is 1.13 bits per heavy atom. The lowest BCUT2D eigenvalue weighted by atomic mass is 10.1. The van der Waals surface area contributed by atoms with E-state index >= 15 is 0 Å². The molecular weight excluding hydrogens is 400 g/mol. The van der Waals surface area contributed by atoms with E-state index in [0.29, 0.717) is 35.4 Å². The van der Waals surface area contributed by atoms with Crippen LogP contribution in [-0.4, -0.2) is 63.2 Å². The van der Waals surface area contributed by atoms with E-state index in [1.807, 2.05) is 39.8 Å². The van der Waals surface area contributed by atoms with Crippen LogP contribution < -0.4 is 0 Å². The Hall–Kier alpha value is -2.58. The molecule has 1 aromatic heterocycles. The molecule has 4 rings (SSSR count). The molecule has 1 N–H and O–H groups in total. The Morgan fingerprint density at radius 2 is 1.87 bits per heavy atom. The molecule has 7 nitrogen and oxygen atoms in total. The number of likely N-dealkylation sites (tertiary alicyclic amines) is 1. The normalized spacial score (nSPS) is 14.4. The minimum atomic E-state index is 0.135. The van der Waals surface area contributed by atoms with E-state index in [9.17, 15) is 9.90 Å². The lowest BCUT2D eigenvalue weighted by Crippen LogP contribution is -2.36. The Labute approximate surface area is 180 Å². The van der Waals surface area contributed by atoms with Crippen LogP contribution in [-0.2, 0) is 16.1 Å². The Morgan fingerprint density at radius 3 is 2.60 bits per heavy atom. The Bertz CT molecular complexity index is 1030. The number of phenolic OH excluding ortho intramolecular Hbond substituents is 1. The molecule has 0 radical (unpaired) electrons. The standard InChI is InChI=1S/C22H26N4O3S/c1-29-12-11-26-21(18-13-16-7-3-4-8-17(16)14-19(18)27)23-24-22(26)30-15-20(28)25-9-5-2-6-10-25/h3-4,7-8,13-14,27H,2,5-6,9-12,15H2,1H3. The average Bonchev–Trinajstić information content (AvgIpc) is 3.18. The molecule has 8 heteroatoms. The molecule has 1 aliphatic rings. The quantitative estimate of drug-likeness (QED) is 0.582. The highest BCUT2D eigenvalue weighted by molar-refractivity contribution is 7.99. The first-order valence-corrected chi connectivity index (χ1v) is 11.2. The summed E-state index contributed by atoms with van der Waals surface area (Å²) in [6.45, 7) is 2.69. The number of nitrogens with zero attached hydrogens (tertiary/aromatic N) is 4. The van der Waals surface area contributed by atoms with Crippen LogP contribution in [0.2, 0.25) is 0 Å². The molecular formula is C22H26N4O3S. The van der Waals surface area contributed by atoms with Gasteiger partial charge in [0.15, 0.2) is 11.0 Å². The lowest BCUT2D eigenvalue weighted by Gasteiger charge is -2.26. The number of carbonyl (C=O) groups is 1. The van der Waals surface area contributed by atoms with E-state index in [1.54, 1.807) is 13.2 Å². The number of carbonyl (C=O) groups excluding carboxylic acids is 1. The van der Waals surface area contributed by atoms with Crippen molar-refractivity contribution in [1.29, 1.82) is 0 Å². The second-order valence-corrected chi connectivity index (χ2v) is 8.34. The molecule has 2 heterocycles. The van der Waals surface area contributed by atoms with Crippen LogP contribution in [0.1, 0.15) is 19.3 Å². The van der Waals surface area contributed by atoms with E-state index in [4.69, 9.17) is 4.74 Å². The fraction of sp³-hybridized carbons (Fsp3) is 0.409. The number of piperidine rings is 1. The van der Waals surface area contributed by atoms with E-state index < -0.39 is 0 Å². The topological polar surface area (TPSA) is 80.5 Å². The van der Waals surface area contributed by atoms with Crippen LogP contribution in [0.3, 0.4) is 0 Å². The predicted octanol–water partition coefficient (Wildman–Crippen LogP) is 3.55. The molecule has 158 valence electrons. The van der Waals surface area contributed by atoms with Gasteiger partial charge in [0.1, 0.15) is 5.75 Å². The fourth-order valence-corrected chi connectivity index (χ4v) is 4.61. The number of methoxy groups -OCH3 is 1. The first-order chi connectivity index (χ1) is 14.7. The number of rotatable bonds is 7. The number of hydrogen-bond donors (Lipinski definition) is 1. The molecule has 0 unspecified atom stereocenters. The second kappa shape index (κ2) is 9.49. The Kier molecular flexibility index (Phi) is 6.54. The number of benzene rings is 2. The summed E-state index contributed by atoms with van der Waals surface area (Å²) in [4.78, 5) is 14.5. The number of fused-ring (bicyclic) bond motifs is 1. The van der Waals surface area contributed by atoms with Crippen molar-refractivity contribution in [2.24, 2.45) is 0 Å². The van der Waals surface area contributed by atoms with Gasteiger partial charge in [-0.05, 0) is 42.2 Å². The summed E-state index contributed by atoms with van der Waals surface area (Å²) in [6.07, 6.45) is 3.35. The van der Waals surface area contributed by atoms with Crippen molar-refractivity contribution < 1.29 is 14.6 Å². The smallest absolute Gasteiger partial charge is 0.233 e. The zero-order valence-electron chi connectivity index (χ0n) is 17.1. The highest BCUT2D eigenvalue weighted by Gasteiger charge is 2.21. The lowest BCUT2D eigenvalue weighted by molar-refractivity contribution is -0.129. The maximum atomic E-state index is 12.6. The van der Waals surface area contributed by atoms with Crippen LogP contribution in [0.15, 0.2) is 41.6 Å². The minimum Gasteiger partial charge on any atom is -0.507 e. The third-order valence-corrected chi connectivity index (χ3v) is 6.33. The number of aromatic nitrogens is 3. The van der Waals surface area contributed by atoms with Gasteiger partial charge in [-0.15, -0.1) is 10.2 Å². The zero-order valence-corrected chi connectivity index (χ0v) is 17.9. The number of aromatic hydroxyl groups is 1. The summed E-state index contributed by atoms with van der Waals surface area (Å²) >= 11 is 1.39. The molecule has 2 aromatic carbocycles. The third kappa shape index (κ3) is 4.44. The summed E-state index contributed by atoms with van der Waals surface area (Å²) in [5, 5.41) is 21.9. The number of amides is 1. The Balaban J connectivity index is 1.60. The van der Waals surface area contributed by atoms with Gasteiger partial charge in [-0.2, -0.15) is 0 Å². The number of phenols is 1. The molecule has 0 spiro atoms. The van der Waals surface area contributed by atoms with Gasteiger partial charge in [0.2, 0.25) is 5.91 Å². The average molecular weight is 427 g/mol. The van der Waals surface area contributed by atoms with Crippen molar-refractivity contribution in [2.45, 2.75) is 31.0 Å². The van der Waals surface area contributed by atoms with Crippen molar-refractivity contribution in [3.05, 3.63) is 36.4 Å². The predicted molar refractivity (Wildman–Crippen MR) is 118 cm³/mol. The van der Waals surface area contributed by atoms with Crippen molar-refractivity contribution in [3.8, 4) is 17.1 Å². The molecule has 0 bridgehead atoms. The van der Waals surface area contributed by atoms with E-state index in [0.717, 1.165) is 36.7 Å². The molecule has 1 saturated heterocycles. The number of ether oxygens (including phenoxy) is 1. The summed E-state index contributed by atoms with van der Waals surface area (Å²) < 4.78 is 7.18. The van der Waals surface area contributed by atoms with Gasteiger partial charge in [-0.1, -0.05) is 36.0 Å². The monoisotopic (exact) mass is 426 g/mol. The highest BCUT2D eigenvalue weighted by Crippen LogP contribution is 2.34. The van der Waals surface area contributed by atoms with Crippen molar-refractivity contribution >= 4 is 28.4 Å². The SMILES string of the molecule is COCCn1c(SCC(=O)N2CCCCC2)nnc1-c1cc2ccccc2cc1O. The summed E-state index contributed by atoms with van der Waals surface area (Å²) in [6, 6.07) is 11.5. The van der Waals surface area contributed by atoms with Crippen molar-refractivity contribution in [1.82, 2.24) is 19.7 Å². The summed E-state index contributed by atoms with van der Waals surface area (Å²) in [5.41, 5.74) is 0.617. The maximum absolute atomic E-state index is 12.6. The number of hydrogen-bond acceptors (Lipinski definition) is 6.